The van der Waals surface area contributed by atoms with E-state index in [9.17, 15) is 9.59 Å². The van der Waals surface area contributed by atoms with Gasteiger partial charge in [0.1, 0.15) is 11.8 Å². The number of carbonyl (C=O) groups is 2. The van der Waals surface area contributed by atoms with E-state index in [4.69, 9.17) is 51.1 Å². The minimum atomic E-state index is -0.691. The van der Waals surface area contributed by atoms with Gasteiger partial charge in [0.25, 0.3) is 5.91 Å². The van der Waals surface area contributed by atoms with E-state index < -0.39 is 11.9 Å². The molecule has 29 heavy (non-hydrogen) atoms. The highest BCUT2D eigenvalue weighted by molar-refractivity contribution is 6.35. The van der Waals surface area contributed by atoms with Crippen LogP contribution in [0.5, 0.6) is 5.75 Å². The average Bonchev–Trinajstić information content (AvgIpc) is 2.68. The van der Waals surface area contributed by atoms with Gasteiger partial charge in [-0.2, -0.15) is 0 Å². The van der Waals surface area contributed by atoms with Crippen LogP contribution in [0, 0.1) is 0 Å². The molecule has 156 valence electrons. The van der Waals surface area contributed by atoms with Gasteiger partial charge < -0.3 is 15.0 Å². The van der Waals surface area contributed by atoms with Crippen LogP contribution >= 0.6 is 46.4 Å². The van der Waals surface area contributed by atoms with E-state index in [1.165, 1.54) is 18.0 Å². The summed E-state index contributed by atoms with van der Waals surface area (Å²) < 4.78 is 5.56. The fourth-order valence-electron chi connectivity index (χ4n) is 2.73. The van der Waals surface area contributed by atoms with Gasteiger partial charge in [-0.15, -0.1) is 0 Å². The molecule has 1 atom stereocenters. The maximum absolute atomic E-state index is 13.0. The standard InChI is InChI=1S/C20H20Cl4N2O3/c1-3-17(20(28)25-2)26(10-12-4-5-13(21)8-15(12)23)19(27)11-29-18-7-6-14(22)9-16(18)24/h4-9,17H,3,10-11H2,1-2H3,(H,25,28)/t17-/m0/s1. The van der Waals surface area contributed by atoms with Gasteiger partial charge in [-0.3, -0.25) is 9.59 Å². The Kier molecular flexibility index (Phi) is 8.90. The van der Waals surface area contributed by atoms with Crippen molar-refractivity contribution in [3.05, 3.63) is 62.1 Å². The Hall–Kier alpha value is -1.66. The molecule has 2 amide bonds. The summed E-state index contributed by atoms with van der Waals surface area (Å²) in [5.41, 5.74) is 0.663. The van der Waals surface area contributed by atoms with E-state index in [1.807, 2.05) is 6.92 Å². The molecule has 0 aliphatic heterocycles. The van der Waals surface area contributed by atoms with Crippen molar-refractivity contribution < 1.29 is 14.3 Å². The molecule has 0 aliphatic rings. The number of ether oxygens (including phenoxy) is 1. The fourth-order valence-corrected chi connectivity index (χ4v) is 3.67. The van der Waals surface area contributed by atoms with Crippen molar-refractivity contribution in [3.63, 3.8) is 0 Å². The van der Waals surface area contributed by atoms with Crippen molar-refractivity contribution in [2.24, 2.45) is 0 Å². The van der Waals surface area contributed by atoms with E-state index in [-0.39, 0.29) is 24.1 Å². The monoisotopic (exact) mass is 476 g/mol. The van der Waals surface area contributed by atoms with E-state index >= 15 is 0 Å². The molecular weight excluding hydrogens is 458 g/mol. The van der Waals surface area contributed by atoms with E-state index in [2.05, 4.69) is 5.32 Å². The number of hydrogen-bond acceptors (Lipinski definition) is 3. The third-order valence-corrected chi connectivity index (χ3v) is 5.35. The minimum Gasteiger partial charge on any atom is -0.482 e. The van der Waals surface area contributed by atoms with Crippen LogP contribution in [0.1, 0.15) is 18.9 Å². The van der Waals surface area contributed by atoms with Crippen molar-refractivity contribution in [2.45, 2.75) is 25.9 Å². The van der Waals surface area contributed by atoms with Crippen LogP contribution in [0.25, 0.3) is 0 Å². The molecule has 0 bridgehead atoms. The SMILES string of the molecule is CC[C@@H](C(=O)NC)N(Cc1ccc(Cl)cc1Cl)C(=O)COc1ccc(Cl)cc1Cl. The molecule has 0 aromatic heterocycles. The van der Waals surface area contributed by atoms with E-state index in [0.29, 0.717) is 32.8 Å². The van der Waals surface area contributed by atoms with Crippen LogP contribution in [0.3, 0.4) is 0 Å². The molecule has 5 nitrogen and oxygen atoms in total. The first-order valence-corrected chi connectivity index (χ1v) is 10.3. The lowest BCUT2D eigenvalue weighted by Crippen LogP contribution is -2.49. The number of rotatable bonds is 8. The maximum Gasteiger partial charge on any atom is 0.261 e. The summed E-state index contributed by atoms with van der Waals surface area (Å²) in [7, 11) is 1.52. The highest BCUT2D eigenvalue weighted by Gasteiger charge is 2.29. The number of nitrogens with one attached hydrogen (secondary N) is 1. The fraction of sp³-hybridized carbons (Fsp3) is 0.300. The quantitative estimate of drug-likeness (QED) is 0.566. The normalized spacial score (nSPS) is 11.7. The van der Waals surface area contributed by atoms with E-state index in [0.717, 1.165) is 0 Å². The van der Waals surface area contributed by atoms with E-state index in [1.54, 1.807) is 30.3 Å². The molecular formula is C20H20Cl4N2O3. The third kappa shape index (κ3) is 6.41. The molecule has 2 aromatic rings. The second kappa shape index (κ2) is 10.9. The molecule has 0 radical (unpaired) electrons. The Labute approximate surface area is 189 Å². The smallest absolute Gasteiger partial charge is 0.261 e. The van der Waals surface area contributed by atoms with Crippen molar-refractivity contribution in [3.8, 4) is 5.75 Å². The first kappa shape index (κ1) is 23.6. The lowest BCUT2D eigenvalue weighted by atomic mass is 10.1. The molecule has 0 saturated heterocycles. The van der Waals surface area contributed by atoms with Crippen LogP contribution in [-0.4, -0.2) is 36.4 Å². The Bertz CT molecular complexity index is 892. The van der Waals surface area contributed by atoms with Crippen molar-refractivity contribution in [1.82, 2.24) is 10.2 Å². The lowest BCUT2D eigenvalue weighted by Gasteiger charge is -2.30. The Balaban J connectivity index is 2.25. The van der Waals surface area contributed by atoms with Gasteiger partial charge in [0, 0.05) is 28.7 Å². The zero-order valence-electron chi connectivity index (χ0n) is 15.8. The number of benzene rings is 2. The summed E-state index contributed by atoms with van der Waals surface area (Å²) in [5.74, 6) is -0.352. The minimum absolute atomic E-state index is 0.123. The lowest BCUT2D eigenvalue weighted by molar-refractivity contribution is -0.142. The summed E-state index contributed by atoms with van der Waals surface area (Å²) in [4.78, 5) is 26.8. The van der Waals surface area contributed by atoms with Gasteiger partial charge in [-0.25, -0.2) is 0 Å². The number of hydrogen-bond donors (Lipinski definition) is 1. The van der Waals surface area contributed by atoms with Gasteiger partial charge in [-0.05, 0) is 42.3 Å². The second-order valence-electron chi connectivity index (χ2n) is 6.16. The zero-order chi connectivity index (χ0) is 21.6. The van der Waals surface area contributed by atoms with Crippen LogP contribution < -0.4 is 10.1 Å². The van der Waals surface area contributed by atoms with Crippen molar-refractivity contribution >= 4 is 58.2 Å². The summed E-state index contributed by atoms with van der Waals surface area (Å²) >= 11 is 24.2. The molecule has 0 fully saturated rings. The maximum atomic E-state index is 13.0. The van der Waals surface area contributed by atoms with Gasteiger partial charge in [0.05, 0.1) is 5.02 Å². The zero-order valence-corrected chi connectivity index (χ0v) is 18.9. The molecule has 0 aliphatic carbocycles. The second-order valence-corrected chi connectivity index (χ2v) is 7.85. The number of amides is 2. The molecule has 2 aromatic carbocycles. The van der Waals surface area contributed by atoms with Crippen LogP contribution in [0.15, 0.2) is 36.4 Å². The number of carbonyl (C=O) groups excluding carboxylic acids is 2. The number of halogens is 4. The third-order valence-electron chi connectivity index (χ3n) is 4.23. The first-order chi connectivity index (χ1) is 13.8. The van der Waals surface area contributed by atoms with Crippen LogP contribution in [0.4, 0.5) is 0 Å². The topological polar surface area (TPSA) is 58.6 Å². The molecule has 0 saturated carbocycles. The average molecular weight is 478 g/mol. The van der Waals surface area contributed by atoms with Crippen molar-refractivity contribution in [2.75, 3.05) is 13.7 Å². The highest BCUT2D eigenvalue weighted by Crippen LogP contribution is 2.28. The Morgan fingerprint density at radius 3 is 2.21 bits per heavy atom. The largest absolute Gasteiger partial charge is 0.482 e. The molecule has 9 heteroatoms. The molecule has 0 spiro atoms. The molecule has 2 rings (SSSR count). The number of likely N-dealkylation sites (N-methyl/N-ethyl adjacent to an activating group) is 1. The summed E-state index contributed by atoms with van der Waals surface area (Å²) in [6.07, 6.45) is 0.415. The van der Waals surface area contributed by atoms with Gasteiger partial charge in [0.15, 0.2) is 6.61 Å². The summed E-state index contributed by atoms with van der Waals surface area (Å²) in [5, 5.41) is 4.22. The van der Waals surface area contributed by atoms with Gasteiger partial charge in [-0.1, -0.05) is 59.4 Å². The highest BCUT2D eigenvalue weighted by atomic mass is 35.5. The summed E-state index contributed by atoms with van der Waals surface area (Å²) in [6, 6.07) is 9.00. The molecule has 0 heterocycles. The Morgan fingerprint density at radius 1 is 1.03 bits per heavy atom. The molecule has 0 unspecified atom stereocenters. The predicted molar refractivity (Wildman–Crippen MR) is 117 cm³/mol. The molecule has 1 N–H and O–H groups in total. The van der Waals surface area contributed by atoms with Gasteiger partial charge in [0.2, 0.25) is 5.91 Å². The van der Waals surface area contributed by atoms with Gasteiger partial charge >= 0.3 is 0 Å². The first-order valence-electron chi connectivity index (χ1n) is 8.79. The van der Waals surface area contributed by atoms with Crippen LogP contribution in [0.2, 0.25) is 20.1 Å². The van der Waals surface area contributed by atoms with Crippen molar-refractivity contribution in [1.29, 1.82) is 0 Å². The van der Waals surface area contributed by atoms with Crippen LogP contribution in [-0.2, 0) is 16.1 Å². The predicted octanol–water partition coefficient (Wildman–Crippen LogP) is 5.23. The number of nitrogens with zero attached hydrogens (tertiary/aromatic N) is 1. The Morgan fingerprint density at radius 2 is 1.66 bits per heavy atom. The summed E-state index contributed by atoms with van der Waals surface area (Å²) in [6.45, 7) is 1.64.